The SMILES string of the molecule is COc1ccc(N2Sc3ccccc3C(CCN(C)Cc3ccccc3)C(=O)C2O)cc1. The Bertz CT molecular complexity index is 1040. The summed E-state index contributed by atoms with van der Waals surface area (Å²) in [4.78, 5) is 16.6. The Morgan fingerprint density at radius 1 is 1.00 bits per heavy atom. The Morgan fingerprint density at radius 2 is 1.69 bits per heavy atom. The second-order valence-corrected chi connectivity index (χ2v) is 9.01. The summed E-state index contributed by atoms with van der Waals surface area (Å²) in [5.74, 6) is 0.190. The highest BCUT2D eigenvalue weighted by Gasteiger charge is 2.37. The number of ether oxygens (including phenoxy) is 1. The number of hydrogen-bond donors (Lipinski definition) is 1. The quantitative estimate of drug-likeness (QED) is 0.528. The van der Waals surface area contributed by atoms with Crippen molar-refractivity contribution in [2.45, 2.75) is 30.0 Å². The number of methoxy groups -OCH3 is 1. The summed E-state index contributed by atoms with van der Waals surface area (Å²) in [6, 6.07) is 25.6. The molecular weight excluding hydrogens is 420 g/mol. The molecule has 5 nitrogen and oxygen atoms in total. The number of aliphatic hydroxyl groups excluding tert-OH is 1. The summed E-state index contributed by atoms with van der Waals surface area (Å²) in [6.07, 6.45) is -0.585. The zero-order chi connectivity index (χ0) is 22.5. The highest BCUT2D eigenvalue weighted by atomic mass is 32.2. The summed E-state index contributed by atoms with van der Waals surface area (Å²) in [5, 5.41) is 11.1. The molecule has 166 valence electrons. The maximum Gasteiger partial charge on any atom is 0.197 e. The van der Waals surface area contributed by atoms with Gasteiger partial charge >= 0.3 is 0 Å². The fourth-order valence-electron chi connectivity index (χ4n) is 4.00. The van der Waals surface area contributed by atoms with E-state index in [1.54, 1.807) is 11.4 Å². The number of rotatable bonds is 7. The molecular formula is C26H28N2O3S. The molecule has 1 aliphatic heterocycles. The van der Waals surface area contributed by atoms with E-state index in [1.165, 1.54) is 17.5 Å². The van der Waals surface area contributed by atoms with Gasteiger partial charge in [0.15, 0.2) is 12.0 Å². The fraction of sp³-hybridized carbons (Fsp3) is 0.269. The Balaban J connectivity index is 1.55. The molecule has 0 aliphatic carbocycles. The number of nitrogens with zero attached hydrogens (tertiary/aromatic N) is 2. The van der Waals surface area contributed by atoms with E-state index < -0.39 is 6.23 Å². The number of carbonyl (C=O) groups is 1. The molecule has 4 rings (SSSR count). The lowest BCUT2D eigenvalue weighted by molar-refractivity contribution is -0.128. The number of Topliss-reactive ketones (excluding diaryl/α,β-unsaturated/α-hetero) is 1. The normalized spacial score (nSPS) is 18.4. The van der Waals surface area contributed by atoms with Gasteiger partial charge in [-0.1, -0.05) is 48.5 Å². The first-order valence-electron chi connectivity index (χ1n) is 10.7. The molecule has 1 N–H and O–H groups in total. The van der Waals surface area contributed by atoms with Crippen LogP contribution in [0, 0.1) is 0 Å². The largest absolute Gasteiger partial charge is 0.497 e. The van der Waals surface area contributed by atoms with Gasteiger partial charge in [0.2, 0.25) is 0 Å². The van der Waals surface area contributed by atoms with Crippen molar-refractivity contribution in [1.29, 1.82) is 0 Å². The highest BCUT2D eigenvalue weighted by molar-refractivity contribution is 8.00. The van der Waals surface area contributed by atoms with Crippen molar-refractivity contribution in [2.75, 3.05) is 25.0 Å². The minimum absolute atomic E-state index is 0.175. The molecule has 0 bridgehead atoms. The van der Waals surface area contributed by atoms with Crippen LogP contribution in [0.2, 0.25) is 0 Å². The molecule has 0 saturated carbocycles. The van der Waals surface area contributed by atoms with Gasteiger partial charge in [0.05, 0.1) is 12.8 Å². The average Bonchev–Trinajstić information content (AvgIpc) is 2.93. The van der Waals surface area contributed by atoms with Gasteiger partial charge in [0, 0.05) is 17.4 Å². The summed E-state index contributed by atoms with van der Waals surface area (Å²) in [5.41, 5.74) is 2.97. The number of hydrogen-bond acceptors (Lipinski definition) is 6. The van der Waals surface area contributed by atoms with Crippen molar-refractivity contribution in [3.8, 4) is 5.75 Å². The molecule has 0 radical (unpaired) electrons. The first-order valence-corrected chi connectivity index (χ1v) is 11.5. The number of anilines is 1. The van der Waals surface area contributed by atoms with Crippen molar-refractivity contribution in [2.24, 2.45) is 0 Å². The van der Waals surface area contributed by atoms with E-state index in [2.05, 4.69) is 24.1 Å². The van der Waals surface area contributed by atoms with Gasteiger partial charge in [-0.15, -0.1) is 0 Å². The van der Waals surface area contributed by atoms with Crippen LogP contribution in [0.5, 0.6) is 5.75 Å². The second-order valence-electron chi connectivity index (χ2n) is 7.99. The number of aliphatic hydroxyl groups is 1. The fourth-order valence-corrected chi connectivity index (χ4v) is 5.10. The van der Waals surface area contributed by atoms with E-state index in [1.807, 2.05) is 66.7 Å². The van der Waals surface area contributed by atoms with Gasteiger partial charge in [0.1, 0.15) is 5.75 Å². The molecule has 32 heavy (non-hydrogen) atoms. The molecule has 2 unspecified atom stereocenters. The van der Waals surface area contributed by atoms with E-state index in [-0.39, 0.29) is 11.7 Å². The van der Waals surface area contributed by atoms with Crippen molar-refractivity contribution < 1.29 is 14.6 Å². The Labute approximate surface area is 193 Å². The van der Waals surface area contributed by atoms with E-state index in [4.69, 9.17) is 4.74 Å². The van der Waals surface area contributed by atoms with Gasteiger partial charge < -0.3 is 14.7 Å². The number of fused-ring (bicyclic) bond motifs is 1. The standard InChI is InChI=1S/C26H28N2O3S/c1-27(18-19-8-4-3-5-9-19)17-16-23-22-10-6-7-11-24(22)32-28(26(30)25(23)29)20-12-14-21(31-2)15-13-20/h3-15,23,26,30H,16-18H2,1-2H3. The van der Waals surface area contributed by atoms with Crippen LogP contribution in [0.4, 0.5) is 5.69 Å². The minimum Gasteiger partial charge on any atom is -0.497 e. The number of ketones is 1. The lowest BCUT2D eigenvalue weighted by Gasteiger charge is -2.27. The highest BCUT2D eigenvalue weighted by Crippen LogP contribution is 2.41. The smallest absolute Gasteiger partial charge is 0.197 e. The molecule has 1 heterocycles. The van der Waals surface area contributed by atoms with Gasteiger partial charge in [0.25, 0.3) is 0 Å². The summed E-state index contributed by atoms with van der Waals surface area (Å²) >= 11 is 1.40. The molecule has 0 spiro atoms. The predicted molar refractivity (Wildman–Crippen MR) is 129 cm³/mol. The maximum atomic E-state index is 13.4. The molecule has 0 saturated heterocycles. The summed E-state index contributed by atoms with van der Waals surface area (Å²) in [6.45, 7) is 1.57. The van der Waals surface area contributed by atoms with Gasteiger partial charge in [-0.25, -0.2) is 0 Å². The van der Waals surface area contributed by atoms with Crippen LogP contribution in [-0.4, -0.2) is 42.7 Å². The van der Waals surface area contributed by atoms with Crippen molar-refractivity contribution in [3.05, 3.63) is 90.0 Å². The lowest BCUT2D eigenvalue weighted by Crippen LogP contribution is -2.38. The lowest BCUT2D eigenvalue weighted by atomic mass is 9.90. The van der Waals surface area contributed by atoms with Gasteiger partial charge in [-0.3, -0.25) is 9.10 Å². The van der Waals surface area contributed by atoms with E-state index in [0.29, 0.717) is 6.42 Å². The topological polar surface area (TPSA) is 53.0 Å². The molecule has 0 amide bonds. The van der Waals surface area contributed by atoms with Crippen molar-refractivity contribution in [3.63, 3.8) is 0 Å². The summed E-state index contributed by atoms with van der Waals surface area (Å²) in [7, 11) is 3.68. The molecule has 1 aliphatic rings. The molecule has 3 aromatic carbocycles. The van der Waals surface area contributed by atoms with Crippen molar-refractivity contribution in [1.82, 2.24) is 4.90 Å². The first kappa shape index (κ1) is 22.4. The molecule has 0 aromatic heterocycles. The third kappa shape index (κ3) is 4.99. The van der Waals surface area contributed by atoms with Crippen LogP contribution in [-0.2, 0) is 11.3 Å². The van der Waals surface area contributed by atoms with Crippen LogP contribution >= 0.6 is 11.9 Å². The third-order valence-electron chi connectivity index (χ3n) is 5.73. The molecule has 0 fully saturated rings. The predicted octanol–water partition coefficient (Wildman–Crippen LogP) is 4.72. The second kappa shape index (κ2) is 10.2. The van der Waals surface area contributed by atoms with E-state index in [9.17, 15) is 9.90 Å². The van der Waals surface area contributed by atoms with Gasteiger partial charge in [-0.05, 0) is 73.4 Å². The maximum absolute atomic E-state index is 13.4. The molecule has 2 atom stereocenters. The Hall–Kier alpha value is -2.80. The van der Waals surface area contributed by atoms with E-state index in [0.717, 1.165) is 35.0 Å². The Morgan fingerprint density at radius 3 is 2.41 bits per heavy atom. The van der Waals surface area contributed by atoms with Crippen molar-refractivity contribution >= 4 is 23.4 Å². The molecule has 6 heteroatoms. The van der Waals surface area contributed by atoms with Crippen LogP contribution < -0.4 is 9.04 Å². The number of benzene rings is 3. The minimum atomic E-state index is -1.23. The summed E-state index contributed by atoms with van der Waals surface area (Å²) < 4.78 is 6.93. The number of carbonyl (C=O) groups excluding carboxylic acids is 1. The van der Waals surface area contributed by atoms with Crippen LogP contribution in [0.25, 0.3) is 0 Å². The first-order chi connectivity index (χ1) is 15.6. The molecule has 3 aromatic rings. The van der Waals surface area contributed by atoms with E-state index >= 15 is 0 Å². The van der Waals surface area contributed by atoms with Crippen LogP contribution in [0.1, 0.15) is 23.5 Å². The Kier molecular flexibility index (Phi) is 7.15. The third-order valence-corrected chi connectivity index (χ3v) is 6.91. The van der Waals surface area contributed by atoms with Crippen LogP contribution in [0.15, 0.2) is 83.8 Å². The van der Waals surface area contributed by atoms with Gasteiger partial charge in [-0.2, -0.15) is 0 Å². The zero-order valence-electron chi connectivity index (χ0n) is 18.3. The average molecular weight is 449 g/mol. The monoisotopic (exact) mass is 448 g/mol. The zero-order valence-corrected chi connectivity index (χ0v) is 19.2. The van der Waals surface area contributed by atoms with Crippen LogP contribution in [0.3, 0.4) is 0 Å².